The molecule has 0 spiro atoms. The molecule has 0 bridgehead atoms. The minimum Gasteiger partial charge on any atom is -0.308 e. The van der Waals surface area contributed by atoms with Crippen LogP contribution >= 0.6 is 0 Å². The molecule has 14 aromatic rings. The van der Waals surface area contributed by atoms with E-state index in [9.17, 15) is 0 Å². The molecule has 0 N–H and O–H groups in total. The predicted molar refractivity (Wildman–Crippen MR) is 297 cm³/mol. The molecule has 0 radical (unpaired) electrons. The van der Waals surface area contributed by atoms with E-state index in [0.717, 1.165) is 88.3 Å². The maximum absolute atomic E-state index is 5.48. The Morgan fingerprint density at radius 2 is 0.690 bits per heavy atom. The summed E-state index contributed by atoms with van der Waals surface area (Å²) < 4.78 is 2.52. The second-order valence-electron chi connectivity index (χ2n) is 18.4. The van der Waals surface area contributed by atoms with Gasteiger partial charge in [-0.3, -0.25) is 0 Å². The first kappa shape index (κ1) is 40.5. The van der Waals surface area contributed by atoms with Crippen molar-refractivity contribution >= 4 is 64.9 Å². The third kappa shape index (κ3) is 7.04. The zero-order chi connectivity index (χ0) is 46.8. The van der Waals surface area contributed by atoms with Crippen molar-refractivity contribution in [2.45, 2.75) is 0 Å². The van der Waals surface area contributed by atoms with Crippen LogP contribution in [0.5, 0.6) is 0 Å². The average molecular weight is 903 g/mol. The number of benzene rings is 12. The molecule has 0 atom stereocenters. The van der Waals surface area contributed by atoms with Crippen LogP contribution in [0.25, 0.3) is 138 Å². The van der Waals surface area contributed by atoms with E-state index in [4.69, 9.17) is 15.0 Å². The highest BCUT2D eigenvalue weighted by Gasteiger charge is 2.24. The van der Waals surface area contributed by atoms with Gasteiger partial charge >= 0.3 is 0 Å². The summed E-state index contributed by atoms with van der Waals surface area (Å²) >= 11 is 0. The number of rotatable bonds is 7. The van der Waals surface area contributed by atoms with Gasteiger partial charge in [0.25, 0.3) is 0 Å². The van der Waals surface area contributed by atoms with Crippen molar-refractivity contribution in [3.63, 3.8) is 0 Å². The number of fused-ring (bicyclic) bond motifs is 7. The van der Waals surface area contributed by atoms with Gasteiger partial charge < -0.3 is 4.57 Å². The lowest BCUT2D eigenvalue weighted by Crippen LogP contribution is -2.04. The fourth-order valence-electron chi connectivity index (χ4n) is 10.7. The number of hydrogen-bond donors (Lipinski definition) is 0. The standard InChI is InChI=1S/C67H42N4/c1-3-17-43(18-4-1)48-29-15-30-53(35-48)59-40-55(66-68-65(54-34-33-44-19-7-8-23-47(44)36-54)69-67(70-66)57-32-16-28-45-22-13-14-31-56(45)57)39-58(46-20-5-2-6-21-46)64(59)71-62-41-51-26-11-9-24-49(51)37-60(62)61-38-50-25-10-12-27-52(50)42-63(61)71/h1-42H. The van der Waals surface area contributed by atoms with E-state index in [1.54, 1.807) is 0 Å². The van der Waals surface area contributed by atoms with Crippen molar-refractivity contribution in [2.75, 3.05) is 0 Å². The van der Waals surface area contributed by atoms with Gasteiger partial charge in [0, 0.05) is 38.6 Å². The topological polar surface area (TPSA) is 43.6 Å². The second kappa shape index (κ2) is 16.6. The summed E-state index contributed by atoms with van der Waals surface area (Å²) in [6, 6.07) is 91.7. The highest BCUT2D eigenvalue weighted by Crippen LogP contribution is 2.46. The summed E-state index contributed by atoms with van der Waals surface area (Å²) in [6.45, 7) is 0. The van der Waals surface area contributed by atoms with Gasteiger partial charge in [0.15, 0.2) is 17.5 Å². The first-order valence-corrected chi connectivity index (χ1v) is 24.2. The van der Waals surface area contributed by atoms with E-state index in [1.165, 1.54) is 32.3 Å². The molecule has 0 fully saturated rings. The molecule has 330 valence electrons. The van der Waals surface area contributed by atoms with Crippen LogP contribution < -0.4 is 0 Å². The first-order valence-electron chi connectivity index (χ1n) is 24.2. The molecule has 2 heterocycles. The van der Waals surface area contributed by atoms with Gasteiger partial charge in [0.05, 0.1) is 16.7 Å². The third-order valence-electron chi connectivity index (χ3n) is 14.1. The minimum absolute atomic E-state index is 0.592. The summed E-state index contributed by atoms with van der Waals surface area (Å²) in [5.41, 5.74) is 12.7. The molecule has 0 aliphatic carbocycles. The molecule has 2 aromatic heterocycles. The largest absolute Gasteiger partial charge is 0.308 e. The SMILES string of the molecule is c1ccc(-c2cccc(-c3cc(-c4nc(-c5ccc6ccccc6c5)nc(-c5cccc6ccccc56)n4)cc(-c4ccccc4)c3-n3c4cc5ccccc5cc4c4cc5ccccc5cc43)c2)cc1. The Morgan fingerprint density at radius 3 is 1.35 bits per heavy atom. The molecule has 0 unspecified atom stereocenters. The lowest BCUT2D eigenvalue weighted by atomic mass is 9.91. The van der Waals surface area contributed by atoms with Gasteiger partial charge in [-0.1, -0.05) is 206 Å². The Balaban J connectivity index is 1.12. The molecule has 4 heteroatoms. The van der Waals surface area contributed by atoms with Gasteiger partial charge in [0.2, 0.25) is 0 Å². The molecule has 12 aromatic carbocycles. The van der Waals surface area contributed by atoms with E-state index in [0.29, 0.717) is 17.5 Å². The maximum Gasteiger partial charge on any atom is 0.164 e. The van der Waals surface area contributed by atoms with Crippen LogP contribution in [-0.2, 0) is 0 Å². The molecular weight excluding hydrogens is 861 g/mol. The molecule has 14 rings (SSSR count). The van der Waals surface area contributed by atoms with Crippen molar-refractivity contribution in [3.8, 4) is 73.2 Å². The fraction of sp³-hybridized carbons (Fsp3) is 0. The van der Waals surface area contributed by atoms with Crippen LogP contribution in [0.3, 0.4) is 0 Å². The summed E-state index contributed by atoms with van der Waals surface area (Å²) in [4.78, 5) is 16.2. The van der Waals surface area contributed by atoms with Gasteiger partial charge in [-0.2, -0.15) is 0 Å². The zero-order valence-electron chi connectivity index (χ0n) is 38.5. The van der Waals surface area contributed by atoms with Gasteiger partial charge in [-0.05, 0) is 114 Å². The summed E-state index contributed by atoms with van der Waals surface area (Å²) in [7, 11) is 0. The molecule has 71 heavy (non-hydrogen) atoms. The Bertz CT molecular complexity index is 4300. The highest BCUT2D eigenvalue weighted by molar-refractivity contribution is 6.17. The van der Waals surface area contributed by atoms with Crippen molar-refractivity contribution < 1.29 is 0 Å². The maximum atomic E-state index is 5.48. The van der Waals surface area contributed by atoms with Crippen LogP contribution in [0.2, 0.25) is 0 Å². The molecule has 0 saturated heterocycles. The van der Waals surface area contributed by atoms with Crippen LogP contribution in [0.1, 0.15) is 0 Å². The smallest absolute Gasteiger partial charge is 0.164 e. The average Bonchev–Trinajstić information content (AvgIpc) is 3.74. The van der Waals surface area contributed by atoms with E-state index in [-0.39, 0.29) is 0 Å². The van der Waals surface area contributed by atoms with E-state index >= 15 is 0 Å². The zero-order valence-corrected chi connectivity index (χ0v) is 38.5. The summed E-state index contributed by atoms with van der Waals surface area (Å²) in [6.07, 6.45) is 0. The molecular formula is C67H42N4. The second-order valence-corrected chi connectivity index (χ2v) is 18.4. The van der Waals surface area contributed by atoms with E-state index in [2.05, 4.69) is 259 Å². The molecule has 0 amide bonds. The first-order chi connectivity index (χ1) is 35.2. The van der Waals surface area contributed by atoms with Crippen molar-refractivity contribution in [1.29, 1.82) is 0 Å². The number of aromatic nitrogens is 4. The lowest BCUT2D eigenvalue weighted by Gasteiger charge is -2.22. The van der Waals surface area contributed by atoms with Crippen LogP contribution in [0.4, 0.5) is 0 Å². The Labute approximate surface area is 410 Å². The highest BCUT2D eigenvalue weighted by atomic mass is 15.0. The normalized spacial score (nSPS) is 11.7. The van der Waals surface area contributed by atoms with Crippen LogP contribution in [0, 0.1) is 0 Å². The predicted octanol–water partition coefficient (Wildman–Crippen LogP) is 17.6. The Kier molecular flexibility index (Phi) is 9.49. The van der Waals surface area contributed by atoms with Crippen LogP contribution in [-0.4, -0.2) is 19.5 Å². The van der Waals surface area contributed by atoms with Gasteiger partial charge in [-0.25, -0.2) is 15.0 Å². The molecule has 0 saturated carbocycles. The lowest BCUT2D eigenvalue weighted by molar-refractivity contribution is 1.08. The Hall–Kier alpha value is -9.51. The van der Waals surface area contributed by atoms with E-state index < -0.39 is 0 Å². The number of nitrogens with zero attached hydrogens (tertiary/aromatic N) is 4. The van der Waals surface area contributed by atoms with Crippen LogP contribution in [0.15, 0.2) is 255 Å². The Morgan fingerprint density at radius 1 is 0.225 bits per heavy atom. The third-order valence-corrected chi connectivity index (χ3v) is 14.1. The van der Waals surface area contributed by atoms with Crippen molar-refractivity contribution in [1.82, 2.24) is 19.5 Å². The molecule has 0 aliphatic heterocycles. The molecule has 0 aliphatic rings. The monoisotopic (exact) mass is 902 g/mol. The quantitative estimate of drug-likeness (QED) is 0.160. The molecule has 4 nitrogen and oxygen atoms in total. The van der Waals surface area contributed by atoms with Gasteiger partial charge in [-0.15, -0.1) is 0 Å². The number of hydrogen-bond acceptors (Lipinski definition) is 3. The summed E-state index contributed by atoms with van der Waals surface area (Å²) in [5, 5.41) is 11.7. The van der Waals surface area contributed by atoms with Crippen molar-refractivity contribution in [3.05, 3.63) is 255 Å². The fourth-order valence-corrected chi connectivity index (χ4v) is 10.7. The van der Waals surface area contributed by atoms with Crippen molar-refractivity contribution in [2.24, 2.45) is 0 Å². The summed E-state index contributed by atoms with van der Waals surface area (Å²) in [5.74, 6) is 1.83. The van der Waals surface area contributed by atoms with E-state index in [1.807, 2.05) is 0 Å². The van der Waals surface area contributed by atoms with Gasteiger partial charge in [0.1, 0.15) is 0 Å². The minimum atomic E-state index is 0.592.